The second-order valence-electron chi connectivity index (χ2n) is 3.47. The molecule has 0 unspecified atom stereocenters. The second kappa shape index (κ2) is 5.75. The molecule has 0 atom stereocenters. The molecule has 0 saturated heterocycles. The lowest BCUT2D eigenvalue weighted by Crippen LogP contribution is -2.13. The SMILES string of the molecule is NCCCS(=O)(=O)Cc1ccc(F)cc1Br. The van der Waals surface area contributed by atoms with Crippen LogP contribution in [0.5, 0.6) is 0 Å². The van der Waals surface area contributed by atoms with Gasteiger partial charge >= 0.3 is 0 Å². The molecule has 1 aromatic carbocycles. The topological polar surface area (TPSA) is 60.2 Å². The van der Waals surface area contributed by atoms with Crippen molar-refractivity contribution in [3.05, 3.63) is 34.1 Å². The maximum Gasteiger partial charge on any atom is 0.154 e. The van der Waals surface area contributed by atoms with Gasteiger partial charge in [-0.15, -0.1) is 0 Å². The van der Waals surface area contributed by atoms with E-state index < -0.39 is 15.7 Å². The quantitative estimate of drug-likeness (QED) is 0.903. The van der Waals surface area contributed by atoms with Crippen LogP contribution in [0.2, 0.25) is 0 Å². The summed E-state index contributed by atoms with van der Waals surface area (Å²) in [4.78, 5) is 0. The first-order valence-electron chi connectivity index (χ1n) is 4.79. The van der Waals surface area contributed by atoms with E-state index in [2.05, 4.69) is 15.9 Å². The van der Waals surface area contributed by atoms with Gasteiger partial charge in [0.1, 0.15) is 5.82 Å². The average molecular weight is 310 g/mol. The maximum absolute atomic E-state index is 12.8. The fourth-order valence-corrected chi connectivity index (χ4v) is 3.40. The van der Waals surface area contributed by atoms with Crippen LogP contribution in [0.25, 0.3) is 0 Å². The lowest BCUT2D eigenvalue weighted by Gasteiger charge is -2.06. The van der Waals surface area contributed by atoms with Crippen LogP contribution >= 0.6 is 15.9 Å². The summed E-state index contributed by atoms with van der Waals surface area (Å²) < 4.78 is 36.5. The predicted molar refractivity (Wildman–Crippen MR) is 65.3 cm³/mol. The molecule has 0 bridgehead atoms. The third-order valence-corrected chi connectivity index (χ3v) is 4.45. The van der Waals surface area contributed by atoms with Gasteiger partial charge in [-0.25, -0.2) is 12.8 Å². The molecule has 90 valence electrons. The van der Waals surface area contributed by atoms with Gasteiger partial charge in [-0.05, 0) is 30.7 Å². The standard InChI is InChI=1S/C10H13BrFNO2S/c11-10-6-9(12)3-2-8(10)7-16(14,15)5-1-4-13/h2-3,6H,1,4-5,7,13H2. The molecule has 0 heterocycles. The minimum Gasteiger partial charge on any atom is -0.330 e. The van der Waals surface area contributed by atoms with E-state index in [1.165, 1.54) is 18.2 Å². The van der Waals surface area contributed by atoms with Crippen LogP contribution in [-0.4, -0.2) is 20.7 Å². The minimum atomic E-state index is -3.16. The van der Waals surface area contributed by atoms with E-state index in [9.17, 15) is 12.8 Å². The van der Waals surface area contributed by atoms with Gasteiger partial charge in [0.15, 0.2) is 9.84 Å². The van der Waals surface area contributed by atoms with E-state index in [1.807, 2.05) is 0 Å². The van der Waals surface area contributed by atoms with Crippen molar-refractivity contribution in [3.63, 3.8) is 0 Å². The van der Waals surface area contributed by atoms with E-state index in [4.69, 9.17) is 5.73 Å². The summed E-state index contributed by atoms with van der Waals surface area (Å²) >= 11 is 3.14. The van der Waals surface area contributed by atoms with E-state index in [1.54, 1.807) is 0 Å². The molecule has 1 aromatic rings. The van der Waals surface area contributed by atoms with E-state index in [-0.39, 0.29) is 11.5 Å². The van der Waals surface area contributed by atoms with E-state index in [0.717, 1.165) is 0 Å². The van der Waals surface area contributed by atoms with Gasteiger partial charge in [-0.2, -0.15) is 0 Å². The first-order chi connectivity index (χ1) is 7.44. The number of benzene rings is 1. The predicted octanol–water partition coefficient (Wildman–Crippen LogP) is 1.85. The summed E-state index contributed by atoms with van der Waals surface area (Å²) in [6.45, 7) is 0.351. The molecule has 0 fully saturated rings. The number of nitrogens with two attached hydrogens (primary N) is 1. The van der Waals surface area contributed by atoms with E-state index >= 15 is 0 Å². The first kappa shape index (κ1) is 13.6. The van der Waals surface area contributed by atoms with Crippen LogP contribution in [0, 0.1) is 5.82 Å². The molecule has 16 heavy (non-hydrogen) atoms. The number of hydrogen-bond donors (Lipinski definition) is 1. The average Bonchev–Trinajstić information content (AvgIpc) is 2.19. The van der Waals surface area contributed by atoms with Gasteiger partial charge in [0.2, 0.25) is 0 Å². The molecule has 6 heteroatoms. The summed E-state index contributed by atoms with van der Waals surface area (Å²) in [5, 5.41) is 0. The summed E-state index contributed by atoms with van der Waals surface area (Å²) in [7, 11) is -3.16. The highest BCUT2D eigenvalue weighted by atomic mass is 79.9. The number of halogens is 2. The third kappa shape index (κ3) is 4.19. The minimum absolute atomic E-state index is 0.0628. The highest BCUT2D eigenvalue weighted by molar-refractivity contribution is 9.10. The Morgan fingerprint density at radius 2 is 2.06 bits per heavy atom. The molecule has 0 aliphatic rings. The molecule has 0 amide bonds. The fourth-order valence-electron chi connectivity index (χ4n) is 1.25. The van der Waals surface area contributed by atoms with Crippen molar-refractivity contribution in [2.75, 3.05) is 12.3 Å². The van der Waals surface area contributed by atoms with Crippen LogP contribution in [0.1, 0.15) is 12.0 Å². The van der Waals surface area contributed by atoms with Gasteiger partial charge in [0.05, 0.1) is 11.5 Å². The Bertz CT molecular complexity index is 462. The second-order valence-corrected chi connectivity index (χ2v) is 6.51. The van der Waals surface area contributed by atoms with Crippen molar-refractivity contribution in [1.82, 2.24) is 0 Å². The highest BCUT2D eigenvalue weighted by Crippen LogP contribution is 2.20. The fraction of sp³-hybridized carbons (Fsp3) is 0.400. The van der Waals surface area contributed by atoms with Crippen LogP contribution < -0.4 is 5.73 Å². The number of hydrogen-bond acceptors (Lipinski definition) is 3. The molecule has 0 aromatic heterocycles. The summed E-state index contributed by atoms with van der Waals surface area (Å²) in [6, 6.07) is 3.98. The Morgan fingerprint density at radius 3 is 2.62 bits per heavy atom. The molecule has 2 N–H and O–H groups in total. The normalized spacial score (nSPS) is 11.7. The third-order valence-electron chi connectivity index (χ3n) is 2.05. The number of rotatable bonds is 5. The van der Waals surface area contributed by atoms with Crippen LogP contribution in [-0.2, 0) is 15.6 Å². The molecule has 0 aliphatic carbocycles. The molecule has 0 aliphatic heterocycles. The zero-order valence-corrected chi connectivity index (χ0v) is 11.0. The lowest BCUT2D eigenvalue weighted by molar-refractivity contribution is 0.592. The highest BCUT2D eigenvalue weighted by Gasteiger charge is 2.13. The van der Waals surface area contributed by atoms with Crippen LogP contribution in [0.15, 0.2) is 22.7 Å². The zero-order valence-electron chi connectivity index (χ0n) is 8.62. The van der Waals surface area contributed by atoms with Crippen molar-refractivity contribution in [2.45, 2.75) is 12.2 Å². The van der Waals surface area contributed by atoms with Crippen molar-refractivity contribution < 1.29 is 12.8 Å². The Morgan fingerprint density at radius 1 is 1.38 bits per heavy atom. The maximum atomic E-state index is 12.8. The van der Waals surface area contributed by atoms with Gasteiger partial charge < -0.3 is 5.73 Å². The molecular weight excluding hydrogens is 297 g/mol. The van der Waals surface area contributed by atoms with Crippen molar-refractivity contribution >= 4 is 25.8 Å². The summed E-state index contributed by atoms with van der Waals surface area (Å²) in [5.74, 6) is -0.420. The molecule has 0 saturated carbocycles. The van der Waals surface area contributed by atoms with Gasteiger partial charge in [0.25, 0.3) is 0 Å². The molecule has 0 spiro atoms. The number of sulfone groups is 1. The smallest absolute Gasteiger partial charge is 0.154 e. The van der Waals surface area contributed by atoms with Crippen LogP contribution in [0.4, 0.5) is 4.39 Å². The largest absolute Gasteiger partial charge is 0.330 e. The zero-order chi connectivity index (χ0) is 12.2. The van der Waals surface area contributed by atoms with Crippen LogP contribution in [0.3, 0.4) is 0 Å². The molecule has 1 rings (SSSR count). The molecular formula is C10H13BrFNO2S. The van der Waals surface area contributed by atoms with E-state index in [0.29, 0.717) is 23.0 Å². The monoisotopic (exact) mass is 309 g/mol. The van der Waals surface area contributed by atoms with Gasteiger partial charge in [-0.1, -0.05) is 22.0 Å². The Labute approximate surface area is 103 Å². The van der Waals surface area contributed by atoms with Gasteiger partial charge in [0, 0.05) is 4.47 Å². The Balaban J connectivity index is 2.80. The summed E-state index contributed by atoms with van der Waals surface area (Å²) in [5.41, 5.74) is 5.82. The molecule has 0 radical (unpaired) electrons. The first-order valence-corrected chi connectivity index (χ1v) is 7.40. The summed E-state index contributed by atoms with van der Waals surface area (Å²) in [6.07, 6.45) is 0.446. The van der Waals surface area contributed by atoms with Crippen molar-refractivity contribution in [2.24, 2.45) is 5.73 Å². The van der Waals surface area contributed by atoms with Crippen molar-refractivity contribution in [3.8, 4) is 0 Å². The van der Waals surface area contributed by atoms with Gasteiger partial charge in [-0.3, -0.25) is 0 Å². The Hall–Kier alpha value is -0.460. The Kier molecular flexibility index (Phi) is 4.89. The lowest BCUT2D eigenvalue weighted by atomic mass is 10.2. The molecule has 3 nitrogen and oxygen atoms in total. The van der Waals surface area contributed by atoms with Crippen molar-refractivity contribution in [1.29, 1.82) is 0 Å².